The molecule has 0 spiro atoms. The van der Waals surface area contributed by atoms with Crippen molar-refractivity contribution in [3.8, 4) is 23.2 Å². The van der Waals surface area contributed by atoms with E-state index in [1.54, 1.807) is 10.7 Å². The number of fused-ring (bicyclic) bond motifs is 1. The van der Waals surface area contributed by atoms with Gasteiger partial charge in [0.15, 0.2) is 5.65 Å². The molecule has 0 radical (unpaired) electrons. The van der Waals surface area contributed by atoms with Crippen molar-refractivity contribution in [2.75, 3.05) is 6.61 Å². The summed E-state index contributed by atoms with van der Waals surface area (Å²) >= 11 is 0. The van der Waals surface area contributed by atoms with Crippen LogP contribution in [-0.2, 0) is 0 Å². The average molecular weight is 304 g/mol. The van der Waals surface area contributed by atoms with Crippen LogP contribution in [0.4, 0.5) is 0 Å². The molecule has 0 saturated heterocycles. The molecule has 0 bridgehead atoms. The fraction of sp³-hybridized carbons (Fsp3) is 0.278. The number of hydrogen-bond donors (Lipinski definition) is 0. The predicted octanol–water partition coefficient (Wildman–Crippen LogP) is 3.47. The van der Waals surface area contributed by atoms with Gasteiger partial charge in [-0.15, -0.1) is 0 Å². The predicted molar refractivity (Wildman–Crippen MR) is 85.8 cm³/mol. The van der Waals surface area contributed by atoms with Crippen LogP contribution in [-0.4, -0.2) is 21.2 Å². The summed E-state index contributed by atoms with van der Waals surface area (Å²) < 4.78 is 7.73. The molecule has 3 aromatic rings. The van der Waals surface area contributed by atoms with E-state index in [-0.39, 0.29) is 5.41 Å². The minimum absolute atomic E-state index is 0.0321. The molecular weight excluding hydrogens is 288 g/mol. The summed E-state index contributed by atoms with van der Waals surface area (Å²) in [7, 11) is 0. The highest BCUT2D eigenvalue weighted by Crippen LogP contribution is 2.48. The minimum atomic E-state index is 0.0321. The summed E-state index contributed by atoms with van der Waals surface area (Å²) in [5.74, 6) is 0.670. The van der Waals surface area contributed by atoms with Gasteiger partial charge < -0.3 is 4.74 Å². The Labute approximate surface area is 134 Å². The van der Waals surface area contributed by atoms with Crippen LogP contribution in [0.5, 0.6) is 5.88 Å². The van der Waals surface area contributed by atoms with Gasteiger partial charge in [0.05, 0.1) is 24.6 Å². The quantitative estimate of drug-likeness (QED) is 0.724. The number of benzene rings is 1. The van der Waals surface area contributed by atoms with Crippen molar-refractivity contribution in [3.05, 3.63) is 48.7 Å². The Bertz CT molecular complexity index is 875. The second kappa shape index (κ2) is 5.40. The standard InChI is InChI=1S/C18H16N4O/c19-10-9-18(7-8-18)13-23-17-12-15(14-4-2-1-3-5-14)21-16-6-11-20-22(16)17/h1-6,11-12H,7-9,13H2. The molecule has 0 amide bonds. The van der Waals surface area contributed by atoms with Gasteiger partial charge in [-0.1, -0.05) is 30.3 Å². The zero-order valence-electron chi connectivity index (χ0n) is 12.6. The summed E-state index contributed by atoms with van der Waals surface area (Å²) in [5.41, 5.74) is 2.69. The molecule has 1 aromatic carbocycles. The topological polar surface area (TPSA) is 63.2 Å². The van der Waals surface area contributed by atoms with Crippen molar-refractivity contribution >= 4 is 5.65 Å². The summed E-state index contributed by atoms with van der Waals surface area (Å²) in [6.45, 7) is 0.549. The molecule has 0 unspecified atom stereocenters. The fourth-order valence-corrected chi connectivity index (χ4v) is 2.69. The molecule has 5 heteroatoms. The third-order valence-electron chi connectivity index (χ3n) is 4.33. The number of nitrogens with zero attached hydrogens (tertiary/aromatic N) is 4. The van der Waals surface area contributed by atoms with Crippen LogP contribution in [0.15, 0.2) is 48.7 Å². The smallest absolute Gasteiger partial charge is 0.218 e. The van der Waals surface area contributed by atoms with E-state index in [2.05, 4.69) is 16.2 Å². The van der Waals surface area contributed by atoms with Crippen molar-refractivity contribution in [2.24, 2.45) is 5.41 Å². The first kappa shape index (κ1) is 13.8. The highest BCUT2D eigenvalue weighted by atomic mass is 16.5. The van der Waals surface area contributed by atoms with E-state index in [0.29, 0.717) is 18.9 Å². The van der Waals surface area contributed by atoms with Crippen molar-refractivity contribution in [1.29, 1.82) is 5.26 Å². The molecular formula is C18H16N4O. The van der Waals surface area contributed by atoms with Crippen LogP contribution in [0.3, 0.4) is 0 Å². The van der Waals surface area contributed by atoms with Crippen LogP contribution >= 0.6 is 0 Å². The van der Waals surface area contributed by atoms with Crippen LogP contribution in [0.2, 0.25) is 0 Å². The molecule has 0 atom stereocenters. The molecule has 23 heavy (non-hydrogen) atoms. The highest BCUT2D eigenvalue weighted by Gasteiger charge is 2.43. The maximum atomic E-state index is 8.94. The van der Waals surface area contributed by atoms with Crippen molar-refractivity contribution in [1.82, 2.24) is 14.6 Å². The van der Waals surface area contributed by atoms with Gasteiger partial charge in [-0.25, -0.2) is 4.98 Å². The Morgan fingerprint density at radius 3 is 2.78 bits per heavy atom. The van der Waals surface area contributed by atoms with E-state index in [1.807, 2.05) is 42.5 Å². The van der Waals surface area contributed by atoms with E-state index in [4.69, 9.17) is 10.00 Å². The van der Waals surface area contributed by atoms with Gasteiger partial charge in [0.1, 0.15) is 0 Å². The second-order valence-corrected chi connectivity index (χ2v) is 6.07. The lowest BCUT2D eigenvalue weighted by molar-refractivity contribution is 0.224. The average Bonchev–Trinajstić information content (AvgIpc) is 3.18. The second-order valence-electron chi connectivity index (χ2n) is 6.07. The Morgan fingerprint density at radius 2 is 2.04 bits per heavy atom. The lowest BCUT2D eigenvalue weighted by Gasteiger charge is -2.14. The van der Waals surface area contributed by atoms with Crippen LogP contribution in [0.1, 0.15) is 19.3 Å². The number of ether oxygens (including phenoxy) is 1. The largest absolute Gasteiger partial charge is 0.477 e. The summed E-state index contributed by atoms with van der Waals surface area (Å²) in [6, 6.07) is 16.1. The normalized spacial score (nSPS) is 15.3. The minimum Gasteiger partial charge on any atom is -0.477 e. The lowest BCUT2D eigenvalue weighted by atomic mass is 10.1. The summed E-state index contributed by atoms with van der Waals surface area (Å²) in [5, 5.41) is 13.2. The first-order valence-corrected chi connectivity index (χ1v) is 7.70. The van der Waals surface area contributed by atoms with Gasteiger partial charge in [0.25, 0.3) is 0 Å². The number of aromatic nitrogens is 3. The molecule has 1 aliphatic carbocycles. The summed E-state index contributed by atoms with van der Waals surface area (Å²) in [4.78, 5) is 4.63. The highest BCUT2D eigenvalue weighted by molar-refractivity contribution is 5.63. The molecule has 2 aromatic heterocycles. The Hall–Kier alpha value is -2.87. The molecule has 1 saturated carbocycles. The Kier molecular flexibility index (Phi) is 3.23. The van der Waals surface area contributed by atoms with Gasteiger partial charge in [0.2, 0.25) is 5.88 Å². The molecule has 1 fully saturated rings. The van der Waals surface area contributed by atoms with E-state index in [1.165, 1.54) is 0 Å². The zero-order valence-corrected chi connectivity index (χ0v) is 12.6. The molecule has 5 nitrogen and oxygen atoms in total. The van der Waals surface area contributed by atoms with Crippen molar-refractivity contribution in [3.63, 3.8) is 0 Å². The molecule has 1 aliphatic rings. The maximum absolute atomic E-state index is 8.94. The van der Waals surface area contributed by atoms with Crippen LogP contribution in [0, 0.1) is 16.7 Å². The third kappa shape index (κ3) is 2.64. The van der Waals surface area contributed by atoms with Gasteiger partial charge in [-0.05, 0) is 12.8 Å². The van der Waals surface area contributed by atoms with Gasteiger partial charge >= 0.3 is 0 Å². The van der Waals surface area contributed by atoms with E-state index in [0.717, 1.165) is 29.7 Å². The number of rotatable bonds is 5. The van der Waals surface area contributed by atoms with E-state index < -0.39 is 0 Å². The van der Waals surface area contributed by atoms with Crippen molar-refractivity contribution in [2.45, 2.75) is 19.3 Å². The monoisotopic (exact) mass is 304 g/mol. The molecule has 0 N–H and O–H groups in total. The van der Waals surface area contributed by atoms with Crippen molar-refractivity contribution < 1.29 is 4.74 Å². The fourth-order valence-electron chi connectivity index (χ4n) is 2.69. The van der Waals surface area contributed by atoms with Gasteiger partial charge in [-0.2, -0.15) is 14.9 Å². The van der Waals surface area contributed by atoms with Crippen LogP contribution < -0.4 is 4.74 Å². The van der Waals surface area contributed by atoms with Gasteiger partial charge in [0, 0.05) is 29.5 Å². The lowest BCUT2D eigenvalue weighted by Crippen LogP contribution is -2.14. The molecule has 0 aliphatic heterocycles. The molecule has 114 valence electrons. The van der Waals surface area contributed by atoms with E-state index in [9.17, 15) is 0 Å². The first-order valence-electron chi connectivity index (χ1n) is 7.70. The van der Waals surface area contributed by atoms with Crippen LogP contribution in [0.25, 0.3) is 16.9 Å². The Balaban J connectivity index is 1.68. The molecule has 4 rings (SSSR count). The third-order valence-corrected chi connectivity index (χ3v) is 4.33. The number of nitriles is 1. The van der Waals surface area contributed by atoms with Gasteiger partial charge in [-0.3, -0.25) is 0 Å². The summed E-state index contributed by atoms with van der Waals surface area (Å²) in [6.07, 6.45) is 4.37. The molecule has 2 heterocycles. The zero-order chi connectivity index (χ0) is 15.7. The number of hydrogen-bond acceptors (Lipinski definition) is 4. The van der Waals surface area contributed by atoms with E-state index >= 15 is 0 Å². The first-order chi connectivity index (χ1) is 11.3. The Morgan fingerprint density at radius 1 is 1.22 bits per heavy atom. The maximum Gasteiger partial charge on any atom is 0.218 e. The SMILES string of the molecule is N#CCC1(COc2cc(-c3ccccc3)nc3ccnn23)CC1.